The van der Waals surface area contributed by atoms with Crippen LogP contribution in [0.4, 0.5) is 0 Å². The molecule has 17 heavy (non-hydrogen) atoms. The number of nitrogens with zero attached hydrogens (tertiary/aromatic N) is 2. The molecular formula is C12H22N4O. The third-order valence-corrected chi connectivity index (χ3v) is 2.50. The van der Waals surface area contributed by atoms with Crippen molar-refractivity contribution < 1.29 is 4.79 Å². The Morgan fingerprint density at radius 1 is 1.59 bits per heavy atom. The first-order valence-corrected chi connectivity index (χ1v) is 6.10. The average molecular weight is 238 g/mol. The Bertz CT molecular complexity index is 348. The highest BCUT2D eigenvalue weighted by Crippen LogP contribution is 1.98. The van der Waals surface area contributed by atoms with Crippen molar-refractivity contribution in [1.82, 2.24) is 20.2 Å². The van der Waals surface area contributed by atoms with Crippen molar-refractivity contribution in [2.24, 2.45) is 0 Å². The highest BCUT2D eigenvalue weighted by molar-refractivity contribution is 5.75. The maximum atomic E-state index is 11.7. The number of nitrogens with one attached hydrogen (secondary N) is 2. The van der Waals surface area contributed by atoms with Gasteiger partial charge in [-0.25, -0.2) is 4.98 Å². The average Bonchev–Trinajstić information content (AvgIpc) is 2.66. The summed E-state index contributed by atoms with van der Waals surface area (Å²) in [7, 11) is 1.87. The Morgan fingerprint density at radius 3 is 3.00 bits per heavy atom. The number of carbonyl (C=O) groups is 1. The molecule has 1 unspecified atom stereocenters. The lowest BCUT2D eigenvalue weighted by Crippen LogP contribution is -2.34. The largest absolute Gasteiger partial charge is 0.352 e. The van der Waals surface area contributed by atoms with Gasteiger partial charge >= 0.3 is 0 Å². The van der Waals surface area contributed by atoms with Crippen molar-refractivity contribution in [3.63, 3.8) is 0 Å². The fraction of sp³-hybridized carbons (Fsp3) is 0.667. The van der Waals surface area contributed by atoms with Gasteiger partial charge in [0.1, 0.15) is 6.54 Å². The van der Waals surface area contributed by atoms with E-state index in [1.807, 2.05) is 20.2 Å². The third kappa shape index (κ3) is 4.99. The molecule has 1 atom stereocenters. The van der Waals surface area contributed by atoms with E-state index in [0.717, 1.165) is 25.1 Å². The zero-order valence-corrected chi connectivity index (χ0v) is 10.9. The van der Waals surface area contributed by atoms with E-state index in [2.05, 4.69) is 22.5 Å². The number of hydrogen-bond acceptors (Lipinski definition) is 3. The van der Waals surface area contributed by atoms with Gasteiger partial charge in [0.05, 0.1) is 12.0 Å². The lowest BCUT2D eigenvalue weighted by atomic mass is 10.2. The predicted molar refractivity (Wildman–Crippen MR) is 67.5 cm³/mol. The summed E-state index contributed by atoms with van der Waals surface area (Å²) in [6.45, 7) is 5.20. The molecule has 0 aromatic carbocycles. The number of imidazole rings is 1. The van der Waals surface area contributed by atoms with E-state index >= 15 is 0 Å². The van der Waals surface area contributed by atoms with E-state index in [1.165, 1.54) is 0 Å². The third-order valence-electron chi connectivity index (χ3n) is 2.50. The van der Waals surface area contributed by atoms with Crippen LogP contribution < -0.4 is 10.6 Å². The van der Waals surface area contributed by atoms with Gasteiger partial charge < -0.3 is 15.2 Å². The molecule has 96 valence electrons. The highest BCUT2D eigenvalue weighted by atomic mass is 16.2. The Balaban J connectivity index is 2.39. The lowest BCUT2D eigenvalue weighted by Gasteiger charge is -2.12. The molecule has 0 aliphatic heterocycles. The molecule has 0 saturated carbocycles. The Hall–Kier alpha value is -1.36. The van der Waals surface area contributed by atoms with E-state index in [0.29, 0.717) is 6.54 Å². The molecule has 0 fully saturated rings. The molecule has 1 aromatic rings. The van der Waals surface area contributed by atoms with Crippen molar-refractivity contribution >= 4 is 5.91 Å². The molecule has 0 radical (unpaired) electrons. The van der Waals surface area contributed by atoms with Crippen LogP contribution in [0.25, 0.3) is 0 Å². The van der Waals surface area contributed by atoms with Gasteiger partial charge in [-0.05, 0) is 20.4 Å². The SMILES string of the molecule is CCCC(C)NC(=O)Cn1cnc(CNC)c1. The van der Waals surface area contributed by atoms with Crippen molar-refractivity contribution in [2.45, 2.75) is 45.8 Å². The van der Waals surface area contributed by atoms with E-state index in [9.17, 15) is 4.79 Å². The van der Waals surface area contributed by atoms with Crippen LogP contribution >= 0.6 is 0 Å². The normalized spacial score (nSPS) is 12.4. The maximum Gasteiger partial charge on any atom is 0.240 e. The van der Waals surface area contributed by atoms with Crippen LogP contribution in [-0.2, 0) is 17.9 Å². The minimum Gasteiger partial charge on any atom is -0.352 e. The summed E-state index contributed by atoms with van der Waals surface area (Å²) in [6, 6.07) is 0.243. The topological polar surface area (TPSA) is 59.0 Å². The molecule has 2 N–H and O–H groups in total. The van der Waals surface area contributed by atoms with Gasteiger partial charge in [-0.3, -0.25) is 4.79 Å². The van der Waals surface area contributed by atoms with Crippen LogP contribution in [-0.4, -0.2) is 28.5 Å². The molecule has 0 aliphatic rings. The Kier molecular flexibility index (Phi) is 5.69. The summed E-state index contributed by atoms with van der Waals surface area (Å²) in [5.41, 5.74) is 0.946. The summed E-state index contributed by atoms with van der Waals surface area (Å²) in [5, 5.41) is 5.99. The lowest BCUT2D eigenvalue weighted by molar-refractivity contribution is -0.122. The summed E-state index contributed by atoms with van der Waals surface area (Å²) < 4.78 is 1.81. The molecular weight excluding hydrogens is 216 g/mol. The second-order valence-corrected chi connectivity index (χ2v) is 4.32. The smallest absolute Gasteiger partial charge is 0.240 e. The molecule has 0 saturated heterocycles. The zero-order chi connectivity index (χ0) is 12.7. The first-order valence-electron chi connectivity index (χ1n) is 6.10. The van der Waals surface area contributed by atoms with Crippen molar-refractivity contribution in [3.8, 4) is 0 Å². The first-order chi connectivity index (χ1) is 8.15. The molecule has 0 bridgehead atoms. The summed E-state index contributed by atoms with van der Waals surface area (Å²) in [6.07, 6.45) is 5.68. The van der Waals surface area contributed by atoms with Crippen LogP contribution in [0.5, 0.6) is 0 Å². The molecule has 1 rings (SSSR count). The molecule has 1 amide bonds. The molecule has 5 nitrogen and oxygen atoms in total. The summed E-state index contributed by atoms with van der Waals surface area (Å²) in [5.74, 6) is 0.0411. The second kappa shape index (κ2) is 7.06. The van der Waals surface area contributed by atoms with Crippen molar-refractivity contribution in [1.29, 1.82) is 0 Å². The van der Waals surface area contributed by atoms with Gasteiger partial charge in [0.2, 0.25) is 5.91 Å². The molecule has 0 aliphatic carbocycles. The monoisotopic (exact) mass is 238 g/mol. The van der Waals surface area contributed by atoms with Crippen LogP contribution in [0, 0.1) is 0 Å². The highest BCUT2D eigenvalue weighted by Gasteiger charge is 2.07. The Morgan fingerprint density at radius 2 is 2.35 bits per heavy atom. The van der Waals surface area contributed by atoms with Crippen LogP contribution in [0.15, 0.2) is 12.5 Å². The fourth-order valence-electron chi connectivity index (χ4n) is 1.76. The number of aromatic nitrogens is 2. The van der Waals surface area contributed by atoms with Crippen molar-refractivity contribution in [2.75, 3.05) is 7.05 Å². The minimum absolute atomic E-state index is 0.0411. The van der Waals surface area contributed by atoms with E-state index in [1.54, 1.807) is 10.9 Å². The first kappa shape index (κ1) is 13.7. The molecule has 1 heterocycles. The van der Waals surface area contributed by atoms with Gasteiger partial charge in [0, 0.05) is 18.8 Å². The predicted octanol–water partition coefficient (Wildman–Crippen LogP) is 0.907. The van der Waals surface area contributed by atoms with E-state index in [-0.39, 0.29) is 11.9 Å². The zero-order valence-electron chi connectivity index (χ0n) is 10.9. The van der Waals surface area contributed by atoms with E-state index in [4.69, 9.17) is 0 Å². The number of carbonyl (C=O) groups excluding carboxylic acids is 1. The number of rotatable bonds is 7. The van der Waals surface area contributed by atoms with E-state index < -0.39 is 0 Å². The fourth-order valence-corrected chi connectivity index (χ4v) is 1.76. The van der Waals surface area contributed by atoms with Crippen LogP contribution in [0.2, 0.25) is 0 Å². The summed E-state index contributed by atoms with van der Waals surface area (Å²) in [4.78, 5) is 15.9. The van der Waals surface area contributed by atoms with Gasteiger partial charge in [-0.15, -0.1) is 0 Å². The van der Waals surface area contributed by atoms with Gasteiger partial charge in [0.15, 0.2) is 0 Å². The van der Waals surface area contributed by atoms with Crippen LogP contribution in [0.1, 0.15) is 32.4 Å². The summed E-state index contributed by atoms with van der Waals surface area (Å²) >= 11 is 0. The number of hydrogen-bond donors (Lipinski definition) is 2. The minimum atomic E-state index is 0.0411. The van der Waals surface area contributed by atoms with Gasteiger partial charge in [-0.1, -0.05) is 13.3 Å². The standard InChI is InChI=1S/C12H22N4O/c1-4-5-10(2)15-12(17)8-16-7-11(6-13-3)14-9-16/h7,9-10,13H,4-6,8H2,1-3H3,(H,15,17). The molecule has 1 aromatic heterocycles. The van der Waals surface area contributed by atoms with Crippen molar-refractivity contribution in [3.05, 3.63) is 18.2 Å². The quantitative estimate of drug-likeness (QED) is 0.742. The van der Waals surface area contributed by atoms with Gasteiger partial charge in [0.25, 0.3) is 0 Å². The number of amides is 1. The Labute approximate surface area is 103 Å². The molecule has 0 spiro atoms. The van der Waals surface area contributed by atoms with Gasteiger partial charge in [-0.2, -0.15) is 0 Å². The maximum absolute atomic E-state index is 11.7. The van der Waals surface area contributed by atoms with Crippen LogP contribution in [0.3, 0.4) is 0 Å². The second-order valence-electron chi connectivity index (χ2n) is 4.32. The molecule has 5 heteroatoms.